The van der Waals surface area contributed by atoms with E-state index in [0.29, 0.717) is 5.75 Å². The summed E-state index contributed by atoms with van der Waals surface area (Å²) in [5.41, 5.74) is 6.80. The van der Waals surface area contributed by atoms with Crippen LogP contribution in [0.1, 0.15) is 32.4 Å². The predicted molar refractivity (Wildman–Crippen MR) is 79.3 cm³/mol. The van der Waals surface area contributed by atoms with Crippen LogP contribution in [-0.2, 0) is 4.74 Å². The molecule has 3 N–H and O–H groups in total. The van der Waals surface area contributed by atoms with Gasteiger partial charge in [-0.15, -0.1) is 0 Å². The molecule has 0 aromatic heterocycles. The van der Waals surface area contributed by atoms with Crippen LogP contribution in [-0.4, -0.2) is 30.5 Å². The number of aliphatic hydroxyl groups excluding tert-OH is 1. The molecule has 1 aromatic carbocycles. The van der Waals surface area contributed by atoms with Crippen molar-refractivity contribution in [3.05, 3.63) is 28.2 Å². The third kappa shape index (κ3) is 5.91. The van der Waals surface area contributed by atoms with Gasteiger partial charge < -0.3 is 20.3 Å². The van der Waals surface area contributed by atoms with Gasteiger partial charge in [0.05, 0.1) is 12.7 Å². The van der Waals surface area contributed by atoms with E-state index in [-0.39, 0.29) is 25.4 Å². The monoisotopic (exact) mass is 331 g/mol. The number of ether oxygens (including phenoxy) is 2. The van der Waals surface area contributed by atoms with Gasteiger partial charge in [0.15, 0.2) is 0 Å². The Labute approximate surface area is 123 Å². The first kappa shape index (κ1) is 16.4. The number of nitrogens with two attached hydrogens (primary N) is 1. The maximum atomic E-state index is 9.77. The van der Waals surface area contributed by atoms with Gasteiger partial charge in [-0.2, -0.15) is 0 Å². The molecule has 108 valence electrons. The first-order chi connectivity index (χ1) is 8.90. The molecule has 0 heterocycles. The van der Waals surface area contributed by atoms with Crippen LogP contribution >= 0.6 is 15.9 Å². The number of rotatable bonds is 7. The van der Waals surface area contributed by atoms with Crippen molar-refractivity contribution in [3.63, 3.8) is 0 Å². The molecule has 0 fully saturated rings. The minimum absolute atomic E-state index is 0.0974. The quantitative estimate of drug-likeness (QED) is 0.806. The highest BCUT2D eigenvalue weighted by molar-refractivity contribution is 9.10. The summed E-state index contributed by atoms with van der Waals surface area (Å²) < 4.78 is 11.9. The van der Waals surface area contributed by atoms with Gasteiger partial charge >= 0.3 is 0 Å². The second-order valence-corrected chi connectivity index (χ2v) is 5.73. The van der Waals surface area contributed by atoms with Crippen LogP contribution < -0.4 is 10.5 Å². The molecule has 0 amide bonds. The zero-order valence-electron chi connectivity index (χ0n) is 11.6. The first-order valence-electron chi connectivity index (χ1n) is 6.37. The van der Waals surface area contributed by atoms with Gasteiger partial charge in [0.25, 0.3) is 0 Å². The molecule has 0 radical (unpaired) electrons. The third-order valence-electron chi connectivity index (χ3n) is 2.52. The Balaban J connectivity index is 2.59. The highest BCUT2D eigenvalue weighted by Gasteiger charge is 2.12. The fraction of sp³-hybridized carbons (Fsp3) is 0.571. The van der Waals surface area contributed by atoms with Crippen LogP contribution in [0.3, 0.4) is 0 Å². The van der Waals surface area contributed by atoms with Crippen molar-refractivity contribution in [2.24, 2.45) is 5.73 Å². The van der Waals surface area contributed by atoms with E-state index in [4.69, 9.17) is 15.2 Å². The van der Waals surface area contributed by atoms with Crippen LogP contribution in [0.5, 0.6) is 5.75 Å². The molecule has 0 aliphatic heterocycles. The summed E-state index contributed by atoms with van der Waals surface area (Å²) in [5, 5.41) is 9.77. The molecule has 5 heteroatoms. The Hall–Kier alpha value is -0.620. The van der Waals surface area contributed by atoms with Crippen LogP contribution in [0.2, 0.25) is 0 Å². The Kier molecular flexibility index (Phi) is 6.79. The fourth-order valence-electron chi connectivity index (χ4n) is 1.55. The van der Waals surface area contributed by atoms with Crippen molar-refractivity contribution in [2.75, 3.05) is 13.2 Å². The highest BCUT2D eigenvalue weighted by atomic mass is 79.9. The van der Waals surface area contributed by atoms with Crippen LogP contribution in [0.25, 0.3) is 0 Å². The SMILES string of the molecule is CC(C)OCC(O)COc1cc(Br)ccc1C(C)N. The van der Waals surface area contributed by atoms with E-state index in [2.05, 4.69) is 15.9 Å². The summed E-state index contributed by atoms with van der Waals surface area (Å²) in [7, 11) is 0. The molecule has 2 atom stereocenters. The van der Waals surface area contributed by atoms with Crippen molar-refractivity contribution in [2.45, 2.75) is 39.0 Å². The number of halogens is 1. The van der Waals surface area contributed by atoms with Crippen LogP contribution in [0.15, 0.2) is 22.7 Å². The molecule has 0 aliphatic rings. The lowest BCUT2D eigenvalue weighted by Crippen LogP contribution is -2.25. The summed E-state index contributed by atoms with van der Waals surface area (Å²) in [6.45, 7) is 6.20. The number of hydrogen-bond acceptors (Lipinski definition) is 4. The summed E-state index contributed by atoms with van der Waals surface area (Å²) in [6, 6.07) is 5.58. The largest absolute Gasteiger partial charge is 0.490 e. The van der Waals surface area contributed by atoms with Crippen molar-refractivity contribution in [3.8, 4) is 5.75 Å². The third-order valence-corrected chi connectivity index (χ3v) is 3.01. The topological polar surface area (TPSA) is 64.7 Å². The molecule has 0 saturated heterocycles. The lowest BCUT2D eigenvalue weighted by atomic mass is 10.1. The summed E-state index contributed by atoms with van der Waals surface area (Å²) in [5.74, 6) is 0.688. The van der Waals surface area contributed by atoms with E-state index in [9.17, 15) is 5.11 Å². The number of hydrogen-bond donors (Lipinski definition) is 2. The Morgan fingerprint density at radius 2 is 1.95 bits per heavy atom. The lowest BCUT2D eigenvalue weighted by molar-refractivity contribution is -0.0124. The molecule has 1 rings (SSSR count). The standard InChI is InChI=1S/C14H22BrNO3/c1-9(2)18-7-12(17)8-19-14-6-11(15)4-5-13(14)10(3)16/h4-6,9-10,12,17H,7-8,16H2,1-3H3. The van der Waals surface area contributed by atoms with Crippen molar-refractivity contribution < 1.29 is 14.6 Å². The van der Waals surface area contributed by atoms with Gasteiger partial charge in [0.1, 0.15) is 18.5 Å². The van der Waals surface area contributed by atoms with Crippen molar-refractivity contribution in [1.29, 1.82) is 0 Å². The second kappa shape index (κ2) is 7.85. The maximum absolute atomic E-state index is 9.77. The predicted octanol–water partition coefficient (Wildman–Crippen LogP) is 2.63. The molecule has 2 unspecified atom stereocenters. The van der Waals surface area contributed by atoms with E-state index in [0.717, 1.165) is 10.0 Å². The summed E-state index contributed by atoms with van der Waals surface area (Å²) in [4.78, 5) is 0. The highest BCUT2D eigenvalue weighted by Crippen LogP contribution is 2.27. The molecule has 0 saturated carbocycles. The summed E-state index contributed by atoms with van der Waals surface area (Å²) in [6.07, 6.45) is -0.553. The minimum Gasteiger partial charge on any atom is -0.490 e. The molecular weight excluding hydrogens is 310 g/mol. The molecule has 4 nitrogen and oxygen atoms in total. The molecule has 1 aromatic rings. The maximum Gasteiger partial charge on any atom is 0.125 e. The van der Waals surface area contributed by atoms with Gasteiger partial charge in [0, 0.05) is 16.1 Å². The lowest BCUT2D eigenvalue weighted by Gasteiger charge is -2.17. The van der Waals surface area contributed by atoms with E-state index < -0.39 is 6.10 Å². The van der Waals surface area contributed by atoms with E-state index in [1.807, 2.05) is 39.0 Å². The van der Waals surface area contributed by atoms with Gasteiger partial charge in [0.2, 0.25) is 0 Å². The number of aliphatic hydroxyl groups is 1. The normalized spacial score (nSPS) is 14.5. The van der Waals surface area contributed by atoms with Crippen molar-refractivity contribution >= 4 is 15.9 Å². The molecule has 0 bridgehead atoms. The van der Waals surface area contributed by atoms with Gasteiger partial charge in [-0.25, -0.2) is 0 Å². The number of benzene rings is 1. The average Bonchev–Trinajstić information content (AvgIpc) is 2.33. The van der Waals surface area contributed by atoms with Gasteiger partial charge in [-0.3, -0.25) is 0 Å². The van der Waals surface area contributed by atoms with Crippen molar-refractivity contribution in [1.82, 2.24) is 0 Å². The van der Waals surface area contributed by atoms with Gasteiger partial charge in [-0.05, 0) is 32.9 Å². The first-order valence-corrected chi connectivity index (χ1v) is 7.17. The Morgan fingerprint density at radius 1 is 1.26 bits per heavy atom. The average molecular weight is 332 g/mol. The summed E-state index contributed by atoms with van der Waals surface area (Å²) >= 11 is 3.39. The Morgan fingerprint density at radius 3 is 2.53 bits per heavy atom. The molecular formula is C14H22BrNO3. The van der Waals surface area contributed by atoms with Crippen LogP contribution in [0.4, 0.5) is 0 Å². The zero-order chi connectivity index (χ0) is 14.4. The Bertz CT molecular complexity index is 396. The second-order valence-electron chi connectivity index (χ2n) is 4.82. The van der Waals surface area contributed by atoms with E-state index in [1.165, 1.54) is 0 Å². The van der Waals surface area contributed by atoms with Gasteiger partial charge in [-0.1, -0.05) is 22.0 Å². The van der Waals surface area contributed by atoms with E-state index in [1.54, 1.807) is 0 Å². The van der Waals surface area contributed by atoms with E-state index >= 15 is 0 Å². The smallest absolute Gasteiger partial charge is 0.125 e. The van der Waals surface area contributed by atoms with Crippen LogP contribution in [0, 0.1) is 0 Å². The zero-order valence-corrected chi connectivity index (χ0v) is 13.2. The molecule has 19 heavy (non-hydrogen) atoms. The molecule has 0 aliphatic carbocycles. The minimum atomic E-state index is -0.651. The fourth-order valence-corrected chi connectivity index (χ4v) is 1.89. The molecule has 0 spiro atoms.